The van der Waals surface area contributed by atoms with Gasteiger partial charge in [-0.15, -0.1) is 0 Å². The Labute approximate surface area is 63.8 Å². The van der Waals surface area contributed by atoms with Crippen molar-refractivity contribution in [2.24, 2.45) is 0 Å². The quantitative estimate of drug-likeness (QED) is 0.633. The molecule has 5 heteroatoms. The van der Waals surface area contributed by atoms with Gasteiger partial charge in [-0.25, -0.2) is 9.89 Å². The van der Waals surface area contributed by atoms with Crippen molar-refractivity contribution in [1.29, 1.82) is 0 Å². The molecule has 0 bridgehead atoms. The van der Waals surface area contributed by atoms with Gasteiger partial charge < -0.3 is 4.74 Å². The predicted molar refractivity (Wildman–Crippen MR) is 39.2 cm³/mol. The number of aromatic amines is 2. The van der Waals surface area contributed by atoms with E-state index in [0.717, 1.165) is 0 Å². The van der Waals surface area contributed by atoms with Crippen molar-refractivity contribution >= 4 is 0 Å². The Balaban J connectivity index is 3.01. The van der Waals surface area contributed by atoms with Crippen molar-refractivity contribution in [2.45, 2.75) is 19.4 Å². The van der Waals surface area contributed by atoms with Crippen molar-refractivity contribution < 1.29 is 4.74 Å². The summed E-state index contributed by atoms with van der Waals surface area (Å²) >= 11 is 0. The van der Waals surface area contributed by atoms with Crippen LogP contribution in [0.5, 0.6) is 0 Å². The molecule has 0 spiro atoms. The molecule has 1 heterocycles. The molecule has 0 amide bonds. The SMILES string of the molecule is COC(C)(C)c1n[nH]c(=O)[nH]1. The maximum Gasteiger partial charge on any atom is 0.340 e. The van der Waals surface area contributed by atoms with Crippen LogP contribution in [0.3, 0.4) is 0 Å². The molecule has 5 nitrogen and oxygen atoms in total. The van der Waals surface area contributed by atoms with E-state index in [-0.39, 0.29) is 5.69 Å². The van der Waals surface area contributed by atoms with E-state index in [2.05, 4.69) is 15.2 Å². The average molecular weight is 157 g/mol. The number of hydrogen-bond donors (Lipinski definition) is 2. The van der Waals surface area contributed by atoms with Crippen molar-refractivity contribution in [3.8, 4) is 0 Å². The average Bonchev–Trinajstić information content (AvgIpc) is 2.36. The molecule has 1 aromatic rings. The fourth-order valence-corrected chi connectivity index (χ4v) is 0.652. The summed E-state index contributed by atoms with van der Waals surface area (Å²) in [7, 11) is 1.56. The zero-order valence-electron chi connectivity index (χ0n) is 6.76. The zero-order chi connectivity index (χ0) is 8.48. The molecular weight excluding hydrogens is 146 g/mol. The minimum Gasteiger partial charge on any atom is -0.371 e. The Hall–Kier alpha value is -1.10. The van der Waals surface area contributed by atoms with Crippen molar-refractivity contribution in [1.82, 2.24) is 15.2 Å². The topological polar surface area (TPSA) is 70.8 Å². The number of hydrogen-bond acceptors (Lipinski definition) is 3. The molecule has 1 aromatic heterocycles. The molecule has 0 aromatic carbocycles. The smallest absolute Gasteiger partial charge is 0.340 e. The van der Waals surface area contributed by atoms with E-state index in [1.807, 2.05) is 13.8 Å². The Kier molecular flexibility index (Phi) is 1.82. The molecular formula is C6H11N3O2. The second-order valence-corrected chi connectivity index (χ2v) is 2.74. The summed E-state index contributed by atoms with van der Waals surface area (Å²) in [5.74, 6) is 0.505. The standard InChI is InChI=1S/C6H11N3O2/c1-6(2,11-3)4-7-5(10)9-8-4/h1-3H3,(H2,7,8,9,10). The van der Waals surface area contributed by atoms with Crippen LogP contribution in [0.4, 0.5) is 0 Å². The summed E-state index contributed by atoms with van der Waals surface area (Å²) in [4.78, 5) is 13.1. The fraction of sp³-hybridized carbons (Fsp3) is 0.667. The van der Waals surface area contributed by atoms with Gasteiger partial charge in [-0.1, -0.05) is 0 Å². The van der Waals surface area contributed by atoms with Gasteiger partial charge >= 0.3 is 5.69 Å². The molecule has 0 aliphatic carbocycles. The fourth-order valence-electron chi connectivity index (χ4n) is 0.652. The number of aromatic nitrogens is 3. The summed E-state index contributed by atoms with van der Waals surface area (Å²) in [5.41, 5.74) is -0.857. The van der Waals surface area contributed by atoms with E-state index in [1.165, 1.54) is 0 Å². The first kappa shape index (κ1) is 8.00. The Morgan fingerprint density at radius 3 is 2.55 bits per heavy atom. The number of nitrogens with one attached hydrogen (secondary N) is 2. The lowest BCUT2D eigenvalue weighted by atomic mass is 10.1. The normalized spacial score (nSPS) is 11.9. The first-order valence-corrected chi connectivity index (χ1v) is 3.26. The Morgan fingerprint density at radius 1 is 1.55 bits per heavy atom. The predicted octanol–water partition coefficient (Wildman–Crippen LogP) is -0.0205. The first-order chi connectivity index (χ1) is 5.06. The lowest BCUT2D eigenvalue weighted by Crippen LogP contribution is -2.22. The largest absolute Gasteiger partial charge is 0.371 e. The van der Waals surface area contributed by atoms with Crippen LogP contribution in [0.15, 0.2) is 4.79 Å². The lowest BCUT2D eigenvalue weighted by Gasteiger charge is -2.18. The monoisotopic (exact) mass is 157 g/mol. The van der Waals surface area contributed by atoms with Crippen LogP contribution >= 0.6 is 0 Å². The molecule has 0 aliphatic heterocycles. The van der Waals surface area contributed by atoms with Gasteiger partial charge in [0.25, 0.3) is 0 Å². The minimum absolute atomic E-state index is 0.315. The van der Waals surface area contributed by atoms with E-state index in [9.17, 15) is 4.79 Å². The van der Waals surface area contributed by atoms with Gasteiger partial charge in [0.05, 0.1) is 0 Å². The third-order valence-electron chi connectivity index (χ3n) is 1.58. The third kappa shape index (κ3) is 1.48. The molecule has 0 fully saturated rings. The highest BCUT2D eigenvalue weighted by Gasteiger charge is 2.22. The summed E-state index contributed by atoms with van der Waals surface area (Å²) in [6, 6.07) is 0. The molecule has 62 valence electrons. The van der Waals surface area contributed by atoms with E-state index in [0.29, 0.717) is 5.82 Å². The molecule has 0 radical (unpaired) electrons. The highest BCUT2D eigenvalue weighted by molar-refractivity contribution is 4.94. The summed E-state index contributed by atoms with van der Waals surface area (Å²) in [6.45, 7) is 3.64. The highest BCUT2D eigenvalue weighted by atomic mass is 16.5. The molecule has 0 saturated carbocycles. The molecule has 0 saturated heterocycles. The molecule has 11 heavy (non-hydrogen) atoms. The van der Waals surface area contributed by atoms with Gasteiger partial charge in [-0.05, 0) is 13.8 Å². The number of nitrogens with zero attached hydrogens (tertiary/aromatic N) is 1. The van der Waals surface area contributed by atoms with Crippen molar-refractivity contribution in [3.63, 3.8) is 0 Å². The van der Waals surface area contributed by atoms with E-state index < -0.39 is 5.60 Å². The van der Waals surface area contributed by atoms with Crippen LogP contribution in [0.1, 0.15) is 19.7 Å². The van der Waals surface area contributed by atoms with Gasteiger partial charge in [0.1, 0.15) is 5.60 Å². The first-order valence-electron chi connectivity index (χ1n) is 3.26. The van der Waals surface area contributed by atoms with E-state index >= 15 is 0 Å². The van der Waals surface area contributed by atoms with Crippen LogP contribution < -0.4 is 5.69 Å². The van der Waals surface area contributed by atoms with Crippen LogP contribution in [0.25, 0.3) is 0 Å². The maximum absolute atomic E-state index is 10.6. The maximum atomic E-state index is 10.6. The number of rotatable bonds is 2. The van der Waals surface area contributed by atoms with E-state index in [4.69, 9.17) is 4.74 Å². The Bertz CT molecular complexity index is 286. The van der Waals surface area contributed by atoms with Crippen molar-refractivity contribution in [2.75, 3.05) is 7.11 Å². The minimum atomic E-state index is -0.543. The van der Waals surface area contributed by atoms with Gasteiger partial charge in [0, 0.05) is 7.11 Å². The highest BCUT2D eigenvalue weighted by Crippen LogP contribution is 2.17. The second-order valence-electron chi connectivity index (χ2n) is 2.74. The molecule has 0 unspecified atom stereocenters. The third-order valence-corrected chi connectivity index (χ3v) is 1.58. The van der Waals surface area contributed by atoms with Gasteiger partial charge in [0.2, 0.25) is 0 Å². The summed E-state index contributed by atoms with van der Waals surface area (Å²) in [6.07, 6.45) is 0. The van der Waals surface area contributed by atoms with Gasteiger partial charge in [-0.2, -0.15) is 5.10 Å². The van der Waals surface area contributed by atoms with E-state index in [1.54, 1.807) is 7.11 Å². The van der Waals surface area contributed by atoms with Crippen molar-refractivity contribution in [3.05, 3.63) is 16.3 Å². The van der Waals surface area contributed by atoms with Gasteiger partial charge in [0.15, 0.2) is 5.82 Å². The number of methoxy groups -OCH3 is 1. The molecule has 1 rings (SSSR count). The lowest BCUT2D eigenvalue weighted by molar-refractivity contribution is 0.0117. The van der Waals surface area contributed by atoms with Crippen LogP contribution in [0.2, 0.25) is 0 Å². The number of H-pyrrole nitrogens is 2. The van der Waals surface area contributed by atoms with Crippen LogP contribution in [-0.4, -0.2) is 22.3 Å². The number of ether oxygens (including phenoxy) is 1. The Morgan fingerprint density at radius 2 is 2.18 bits per heavy atom. The molecule has 0 atom stereocenters. The molecule has 0 aliphatic rings. The molecule has 2 N–H and O–H groups in total. The second kappa shape index (κ2) is 2.50. The summed E-state index contributed by atoms with van der Waals surface area (Å²) < 4.78 is 5.08. The van der Waals surface area contributed by atoms with Gasteiger partial charge in [-0.3, -0.25) is 4.98 Å². The van der Waals surface area contributed by atoms with Crippen LogP contribution in [-0.2, 0) is 10.3 Å². The summed E-state index contributed by atoms with van der Waals surface area (Å²) in [5, 5.41) is 6.01. The van der Waals surface area contributed by atoms with Crippen LogP contribution in [0, 0.1) is 0 Å². The zero-order valence-corrected chi connectivity index (χ0v) is 6.76.